The Bertz CT molecular complexity index is 840. The quantitative estimate of drug-likeness (QED) is 0.584. The van der Waals surface area contributed by atoms with Crippen LogP contribution in [0.5, 0.6) is 11.5 Å². The Hall–Kier alpha value is -2.40. The van der Waals surface area contributed by atoms with E-state index < -0.39 is 5.97 Å². The van der Waals surface area contributed by atoms with Gasteiger partial charge in [0.15, 0.2) is 0 Å². The van der Waals surface area contributed by atoms with Crippen LogP contribution in [0.4, 0.5) is 4.39 Å². The summed E-state index contributed by atoms with van der Waals surface area (Å²) in [7, 11) is 0. The van der Waals surface area contributed by atoms with Crippen LogP contribution in [0.15, 0.2) is 48.5 Å². The molecule has 0 heterocycles. The molecule has 0 atom stereocenters. The van der Waals surface area contributed by atoms with Gasteiger partial charge in [0.2, 0.25) is 0 Å². The van der Waals surface area contributed by atoms with Crippen LogP contribution in [0.1, 0.15) is 56.9 Å². The minimum atomic E-state index is -0.713. The van der Waals surface area contributed by atoms with E-state index in [-0.39, 0.29) is 23.3 Å². The molecule has 0 radical (unpaired) electrons. The third kappa shape index (κ3) is 4.61. The summed E-state index contributed by atoms with van der Waals surface area (Å²) in [5.41, 5.74) is 0.696. The number of hydrogen-bond acceptors (Lipinski definition) is 3. The molecule has 0 unspecified atom stereocenters. The van der Waals surface area contributed by atoms with Crippen molar-refractivity contribution in [1.82, 2.24) is 0 Å². The van der Waals surface area contributed by atoms with Crippen molar-refractivity contribution in [3.8, 4) is 11.5 Å². The molecular formula is C24H27FO4. The summed E-state index contributed by atoms with van der Waals surface area (Å²) in [6.45, 7) is 0.308. The maximum Gasteiger partial charge on any atom is 0.303 e. The molecule has 3 fully saturated rings. The molecule has 3 saturated carbocycles. The molecule has 5 heteroatoms. The second-order valence-electron chi connectivity index (χ2n) is 8.53. The number of para-hydroxylation sites is 1. The normalized spacial score (nSPS) is 25.7. The predicted molar refractivity (Wildman–Crippen MR) is 107 cm³/mol. The number of halogens is 1. The van der Waals surface area contributed by atoms with E-state index in [4.69, 9.17) is 14.6 Å². The number of carbonyl (C=O) groups is 1. The van der Waals surface area contributed by atoms with Gasteiger partial charge in [0, 0.05) is 12.0 Å². The van der Waals surface area contributed by atoms with Crippen LogP contribution in [0.2, 0.25) is 0 Å². The fourth-order valence-electron chi connectivity index (χ4n) is 4.80. The van der Waals surface area contributed by atoms with Gasteiger partial charge in [-0.15, -0.1) is 0 Å². The Labute approximate surface area is 170 Å². The number of carboxylic acids is 1. The van der Waals surface area contributed by atoms with Crippen LogP contribution >= 0.6 is 0 Å². The van der Waals surface area contributed by atoms with Crippen molar-refractivity contribution in [2.45, 2.75) is 63.6 Å². The van der Waals surface area contributed by atoms with Crippen LogP contribution in [0.3, 0.4) is 0 Å². The van der Waals surface area contributed by atoms with Crippen molar-refractivity contribution in [1.29, 1.82) is 0 Å². The molecule has 1 N–H and O–H groups in total. The Morgan fingerprint density at radius 1 is 1.00 bits per heavy atom. The first kappa shape index (κ1) is 19.9. The molecule has 4 nitrogen and oxygen atoms in total. The number of fused-ring (bicyclic) bond motifs is 3. The number of hydrogen-bond donors (Lipinski definition) is 1. The van der Waals surface area contributed by atoms with Crippen molar-refractivity contribution in [2.75, 3.05) is 0 Å². The lowest BCUT2D eigenvalue weighted by Gasteiger charge is -2.53. The van der Waals surface area contributed by atoms with Gasteiger partial charge < -0.3 is 14.6 Å². The van der Waals surface area contributed by atoms with Gasteiger partial charge in [-0.3, -0.25) is 4.79 Å². The molecule has 0 saturated heterocycles. The summed E-state index contributed by atoms with van der Waals surface area (Å²) >= 11 is 0. The third-order valence-corrected chi connectivity index (χ3v) is 6.73. The highest BCUT2D eigenvalue weighted by Gasteiger charge is 2.49. The fourth-order valence-corrected chi connectivity index (χ4v) is 4.80. The van der Waals surface area contributed by atoms with Gasteiger partial charge in [-0.1, -0.05) is 18.2 Å². The highest BCUT2D eigenvalue weighted by molar-refractivity contribution is 5.66. The van der Waals surface area contributed by atoms with E-state index in [2.05, 4.69) is 0 Å². The van der Waals surface area contributed by atoms with E-state index in [1.807, 2.05) is 30.3 Å². The van der Waals surface area contributed by atoms with Crippen molar-refractivity contribution < 1.29 is 23.8 Å². The first-order valence-electron chi connectivity index (χ1n) is 10.3. The van der Waals surface area contributed by atoms with E-state index in [0.717, 1.165) is 44.9 Å². The zero-order chi connectivity index (χ0) is 20.3. The van der Waals surface area contributed by atoms with Crippen LogP contribution < -0.4 is 4.74 Å². The minimum Gasteiger partial charge on any atom is -0.481 e. The molecule has 154 valence electrons. The van der Waals surface area contributed by atoms with E-state index in [0.29, 0.717) is 23.7 Å². The molecule has 2 bridgehead atoms. The highest BCUT2D eigenvalue weighted by atomic mass is 19.1. The van der Waals surface area contributed by atoms with E-state index >= 15 is 0 Å². The van der Waals surface area contributed by atoms with Crippen molar-refractivity contribution in [2.24, 2.45) is 5.41 Å². The van der Waals surface area contributed by atoms with Gasteiger partial charge >= 0.3 is 5.97 Å². The second-order valence-corrected chi connectivity index (χ2v) is 8.53. The van der Waals surface area contributed by atoms with Crippen molar-refractivity contribution in [3.63, 3.8) is 0 Å². The number of aliphatic carboxylic acids is 1. The topological polar surface area (TPSA) is 55.8 Å². The van der Waals surface area contributed by atoms with Crippen molar-refractivity contribution >= 4 is 5.97 Å². The Balaban J connectivity index is 1.41. The van der Waals surface area contributed by atoms with Crippen LogP contribution in [0, 0.1) is 11.2 Å². The molecular weight excluding hydrogens is 371 g/mol. The lowest BCUT2D eigenvalue weighted by molar-refractivity contribution is -0.150. The van der Waals surface area contributed by atoms with Gasteiger partial charge in [-0.2, -0.15) is 0 Å². The first-order chi connectivity index (χ1) is 14.0. The largest absolute Gasteiger partial charge is 0.481 e. The van der Waals surface area contributed by atoms with Gasteiger partial charge in [-0.25, -0.2) is 4.39 Å². The fraction of sp³-hybridized carbons (Fsp3) is 0.458. The smallest absolute Gasteiger partial charge is 0.303 e. The zero-order valence-electron chi connectivity index (χ0n) is 16.5. The molecule has 29 heavy (non-hydrogen) atoms. The maximum atomic E-state index is 13.9. The number of rotatable bonds is 8. The van der Waals surface area contributed by atoms with Gasteiger partial charge in [-0.05, 0) is 80.7 Å². The number of benzene rings is 2. The summed E-state index contributed by atoms with van der Waals surface area (Å²) < 4.78 is 26.2. The Morgan fingerprint density at radius 3 is 2.34 bits per heavy atom. The van der Waals surface area contributed by atoms with Crippen LogP contribution in [-0.4, -0.2) is 16.7 Å². The lowest BCUT2D eigenvalue weighted by atomic mass is 9.57. The first-order valence-corrected chi connectivity index (χ1v) is 10.3. The number of ether oxygens (including phenoxy) is 2. The molecule has 5 rings (SSSR count). The lowest BCUT2D eigenvalue weighted by Crippen LogP contribution is -2.47. The molecule has 0 amide bonds. The molecule has 2 aromatic rings. The monoisotopic (exact) mass is 398 g/mol. The SMILES string of the molecule is O=C(O)CCC12CCC(OCc3cc(F)ccc3Oc3ccccc3)(CC1)CC2. The highest BCUT2D eigenvalue weighted by Crippen LogP contribution is 2.56. The summed E-state index contributed by atoms with van der Waals surface area (Å²) in [4.78, 5) is 11.0. The van der Waals surface area contributed by atoms with Gasteiger partial charge in [0.25, 0.3) is 0 Å². The van der Waals surface area contributed by atoms with Gasteiger partial charge in [0.05, 0.1) is 12.2 Å². The molecule has 0 aromatic heterocycles. The average molecular weight is 398 g/mol. The van der Waals surface area contributed by atoms with Crippen molar-refractivity contribution in [3.05, 3.63) is 59.9 Å². The second kappa shape index (κ2) is 8.15. The van der Waals surface area contributed by atoms with E-state index in [1.54, 1.807) is 6.07 Å². The van der Waals surface area contributed by atoms with Crippen LogP contribution in [0.25, 0.3) is 0 Å². The van der Waals surface area contributed by atoms with E-state index in [1.165, 1.54) is 12.1 Å². The third-order valence-electron chi connectivity index (χ3n) is 6.73. The Kier molecular flexibility index (Phi) is 5.59. The van der Waals surface area contributed by atoms with E-state index in [9.17, 15) is 9.18 Å². The number of carboxylic acid groups (broad SMARTS) is 1. The molecule has 3 aliphatic rings. The standard InChI is InChI=1S/C24H27FO4/c25-19-6-7-21(29-20-4-2-1-3-5-20)18(16-19)17-28-24-13-10-23(11-14-24,12-15-24)9-8-22(26)27/h1-7,16H,8-15,17H2,(H,26,27). The molecule has 3 aliphatic carbocycles. The average Bonchev–Trinajstić information content (AvgIpc) is 2.75. The minimum absolute atomic E-state index is 0.171. The summed E-state index contributed by atoms with van der Waals surface area (Å²) in [6.07, 6.45) is 6.86. The Morgan fingerprint density at radius 2 is 1.69 bits per heavy atom. The van der Waals surface area contributed by atoms with Crippen LogP contribution in [-0.2, 0) is 16.1 Å². The summed E-state index contributed by atoms with van der Waals surface area (Å²) in [5.74, 6) is 0.296. The molecule has 0 aliphatic heterocycles. The predicted octanol–water partition coefficient (Wildman–Crippen LogP) is 6.09. The summed E-state index contributed by atoms with van der Waals surface area (Å²) in [5, 5.41) is 9.01. The van der Waals surface area contributed by atoms with Gasteiger partial charge in [0.1, 0.15) is 17.3 Å². The maximum absolute atomic E-state index is 13.9. The molecule has 2 aromatic carbocycles. The summed E-state index contributed by atoms with van der Waals surface area (Å²) in [6, 6.07) is 14.0. The molecule has 0 spiro atoms. The zero-order valence-corrected chi connectivity index (χ0v) is 16.5.